The summed E-state index contributed by atoms with van der Waals surface area (Å²) in [6.45, 7) is 9.90. The van der Waals surface area contributed by atoms with Gasteiger partial charge >= 0.3 is 0 Å². The molecule has 1 amide bonds. The minimum absolute atomic E-state index is 0. The van der Waals surface area contributed by atoms with Crippen LogP contribution in [-0.4, -0.2) is 50.8 Å². The van der Waals surface area contributed by atoms with Crippen LogP contribution in [0.25, 0.3) is 0 Å². The smallest absolute Gasteiger partial charge is 0.225 e. The van der Waals surface area contributed by atoms with Gasteiger partial charge < -0.3 is 20.7 Å². The Bertz CT molecular complexity index is 499. The molecule has 27 heavy (non-hydrogen) atoms. The molecule has 6 nitrogen and oxygen atoms in total. The van der Waals surface area contributed by atoms with Crippen LogP contribution in [0.15, 0.2) is 4.99 Å². The number of hydrogen-bond donors (Lipinski definition) is 3. The van der Waals surface area contributed by atoms with Gasteiger partial charge in [-0.2, -0.15) is 0 Å². The highest BCUT2D eigenvalue weighted by atomic mass is 127. The van der Waals surface area contributed by atoms with E-state index in [0.717, 1.165) is 19.0 Å². The van der Waals surface area contributed by atoms with E-state index < -0.39 is 0 Å². The Kier molecular flexibility index (Phi) is 9.82. The van der Waals surface area contributed by atoms with Gasteiger partial charge in [0.1, 0.15) is 0 Å². The summed E-state index contributed by atoms with van der Waals surface area (Å²) in [5.41, 5.74) is -0.0835. The van der Waals surface area contributed by atoms with Crippen molar-refractivity contribution >= 4 is 35.8 Å². The number of nitrogens with one attached hydrogen (secondary N) is 3. The van der Waals surface area contributed by atoms with E-state index >= 15 is 0 Å². The molecule has 0 bridgehead atoms. The molecule has 0 aromatic rings. The molecule has 2 fully saturated rings. The highest BCUT2D eigenvalue weighted by Crippen LogP contribution is 2.53. The molecule has 2 unspecified atom stereocenters. The summed E-state index contributed by atoms with van der Waals surface area (Å²) >= 11 is 0. The molecule has 0 radical (unpaired) electrons. The molecule has 2 saturated carbocycles. The molecular formula is C20H39IN4O2. The van der Waals surface area contributed by atoms with Gasteiger partial charge in [-0.3, -0.25) is 9.79 Å². The first-order chi connectivity index (χ1) is 12.3. The van der Waals surface area contributed by atoms with E-state index in [1.54, 1.807) is 7.05 Å². The zero-order valence-corrected chi connectivity index (χ0v) is 20.0. The van der Waals surface area contributed by atoms with Crippen molar-refractivity contribution in [3.63, 3.8) is 0 Å². The fourth-order valence-corrected chi connectivity index (χ4v) is 4.25. The van der Waals surface area contributed by atoms with Crippen molar-refractivity contribution in [2.45, 2.75) is 78.4 Å². The Morgan fingerprint density at radius 2 is 1.78 bits per heavy atom. The van der Waals surface area contributed by atoms with Gasteiger partial charge in [0, 0.05) is 43.6 Å². The lowest BCUT2D eigenvalue weighted by atomic mass is 9.55. The number of halogens is 1. The number of rotatable bonds is 6. The third-order valence-corrected chi connectivity index (χ3v) is 5.86. The number of guanidine groups is 1. The number of carbonyl (C=O) groups excluding carboxylic acids is 1. The standard InChI is InChI=1S/C20H38N4O2.HI/c1-6-26-16-14-15(20(16)10-8-7-9-11-20)24-18(21-5)23-13-12-22-17(25)19(2,3)4;/h15-16H,6-14H2,1-5H3,(H,22,25)(H2,21,23,24);1H. The van der Waals surface area contributed by atoms with Crippen molar-refractivity contribution in [2.75, 3.05) is 26.7 Å². The van der Waals surface area contributed by atoms with E-state index in [1.807, 2.05) is 20.8 Å². The molecular weight excluding hydrogens is 455 g/mol. The lowest BCUT2D eigenvalue weighted by molar-refractivity contribution is -0.145. The minimum atomic E-state index is -0.354. The van der Waals surface area contributed by atoms with E-state index in [1.165, 1.54) is 32.1 Å². The monoisotopic (exact) mass is 494 g/mol. The predicted octanol–water partition coefficient (Wildman–Crippen LogP) is 3.06. The van der Waals surface area contributed by atoms with Crippen LogP contribution in [0.4, 0.5) is 0 Å². The Hall–Kier alpha value is -0.570. The Balaban J connectivity index is 0.00000364. The summed E-state index contributed by atoms with van der Waals surface area (Å²) < 4.78 is 6.03. The number of ether oxygens (including phenoxy) is 1. The molecule has 0 aliphatic heterocycles. The highest BCUT2D eigenvalue weighted by molar-refractivity contribution is 14.0. The van der Waals surface area contributed by atoms with Gasteiger partial charge in [0.2, 0.25) is 5.91 Å². The van der Waals surface area contributed by atoms with Crippen molar-refractivity contribution in [3.8, 4) is 0 Å². The first-order valence-electron chi connectivity index (χ1n) is 10.2. The molecule has 3 N–H and O–H groups in total. The lowest BCUT2D eigenvalue weighted by Gasteiger charge is -2.57. The van der Waals surface area contributed by atoms with Gasteiger partial charge in [-0.05, 0) is 26.2 Å². The first-order valence-corrected chi connectivity index (χ1v) is 10.2. The molecule has 2 rings (SSSR count). The van der Waals surface area contributed by atoms with E-state index in [0.29, 0.717) is 25.2 Å². The van der Waals surface area contributed by atoms with Crippen molar-refractivity contribution < 1.29 is 9.53 Å². The van der Waals surface area contributed by atoms with E-state index in [9.17, 15) is 4.79 Å². The average molecular weight is 494 g/mol. The van der Waals surface area contributed by atoms with Crippen molar-refractivity contribution in [3.05, 3.63) is 0 Å². The van der Waals surface area contributed by atoms with Gasteiger partial charge in [0.25, 0.3) is 0 Å². The second kappa shape index (κ2) is 10.8. The van der Waals surface area contributed by atoms with Crippen LogP contribution in [0.5, 0.6) is 0 Å². The second-order valence-electron chi connectivity index (χ2n) is 8.68. The van der Waals surface area contributed by atoms with Crippen LogP contribution >= 0.6 is 24.0 Å². The third kappa shape index (κ3) is 6.21. The predicted molar refractivity (Wildman–Crippen MR) is 122 cm³/mol. The molecule has 0 saturated heterocycles. The van der Waals surface area contributed by atoms with Gasteiger partial charge in [0.05, 0.1) is 6.10 Å². The molecule has 0 aromatic carbocycles. The van der Waals surface area contributed by atoms with Crippen LogP contribution in [0.3, 0.4) is 0 Å². The molecule has 2 aliphatic carbocycles. The fraction of sp³-hybridized carbons (Fsp3) is 0.900. The quantitative estimate of drug-likeness (QED) is 0.230. The Morgan fingerprint density at radius 1 is 1.15 bits per heavy atom. The van der Waals surface area contributed by atoms with Crippen molar-refractivity contribution in [1.29, 1.82) is 0 Å². The number of hydrogen-bond acceptors (Lipinski definition) is 3. The summed E-state index contributed by atoms with van der Waals surface area (Å²) in [5, 5.41) is 9.90. The zero-order valence-electron chi connectivity index (χ0n) is 17.7. The molecule has 0 heterocycles. The van der Waals surface area contributed by atoms with Gasteiger partial charge in [-0.1, -0.05) is 40.0 Å². The third-order valence-electron chi connectivity index (χ3n) is 5.86. The van der Waals surface area contributed by atoms with E-state index in [-0.39, 0.29) is 40.7 Å². The molecule has 1 spiro atoms. The number of carbonyl (C=O) groups is 1. The Morgan fingerprint density at radius 3 is 2.33 bits per heavy atom. The summed E-state index contributed by atoms with van der Waals surface area (Å²) in [6, 6.07) is 0.426. The first kappa shape index (κ1) is 24.5. The second-order valence-corrected chi connectivity index (χ2v) is 8.68. The van der Waals surface area contributed by atoms with Crippen LogP contribution < -0.4 is 16.0 Å². The normalized spacial score (nSPS) is 24.6. The summed E-state index contributed by atoms with van der Waals surface area (Å²) in [7, 11) is 1.80. The summed E-state index contributed by atoms with van der Waals surface area (Å²) in [4.78, 5) is 16.3. The lowest BCUT2D eigenvalue weighted by Crippen LogP contribution is -2.66. The van der Waals surface area contributed by atoms with Crippen LogP contribution in [0, 0.1) is 10.8 Å². The largest absolute Gasteiger partial charge is 0.378 e. The molecule has 0 aromatic heterocycles. The number of aliphatic imine (C=N–C) groups is 1. The zero-order chi connectivity index (χ0) is 19.2. The minimum Gasteiger partial charge on any atom is -0.378 e. The molecule has 2 atom stereocenters. The molecule has 158 valence electrons. The van der Waals surface area contributed by atoms with Crippen LogP contribution in [-0.2, 0) is 9.53 Å². The van der Waals surface area contributed by atoms with Crippen molar-refractivity contribution in [2.24, 2.45) is 15.8 Å². The topological polar surface area (TPSA) is 74.8 Å². The SMILES string of the molecule is CCOC1CC(NC(=NC)NCCNC(=O)C(C)(C)C)C12CCCCC2.I. The maximum Gasteiger partial charge on any atom is 0.225 e. The van der Waals surface area contributed by atoms with Gasteiger partial charge in [-0.15, -0.1) is 24.0 Å². The maximum absolute atomic E-state index is 11.9. The molecule has 7 heteroatoms. The highest BCUT2D eigenvalue weighted by Gasteiger charge is 2.55. The number of amides is 1. The van der Waals surface area contributed by atoms with Crippen molar-refractivity contribution in [1.82, 2.24) is 16.0 Å². The summed E-state index contributed by atoms with van der Waals surface area (Å²) in [6.07, 6.45) is 7.86. The number of nitrogens with zero attached hydrogens (tertiary/aromatic N) is 1. The van der Waals surface area contributed by atoms with E-state index in [4.69, 9.17) is 4.74 Å². The van der Waals surface area contributed by atoms with Gasteiger partial charge in [-0.25, -0.2) is 0 Å². The maximum atomic E-state index is 11.9. The molecule has 2 aliphatic rings. The van der Waals surface area contributed by atoms with E-state index in [2.05, 4.69) is 27.9 Å². The Labute approximate surface area is 182 Å². The van der Waals surface area contributed by atoms with Gasteiger partial charge in [0.15, 0.2) is 5.96 Å². The fourth-order valence-electron chi connectivity index (χ4n) is 4.25. The average Bonchev–Trinajstić information content (AvgIpc) is 2.62. The van der Waals surface area contributed by atoms with Crippen LogP contribution in [0.1, 0.15) is 66.2 Å². The summed E-state index contributed by atoms with van der Waals surface area (Å²) in [5.74, 6) is 0.891. The van der Waals surface area contributed by atoms with Crippen LogP contribution in [0.2, 0.25) is 0 Å².